The van der Waals surface area contributed by atoms with Crippen molar-refractivity contribution in [2.75, 3.05) is 25.0 Å². The Balaban J connectivity index is 1.62. The van der Waals surface area contributed by atoms with E-state index in [2.05, 4.69) is 5.32 Å². The van der Waals surface area contributed by atoms with E-state index in [1.807, 2.05) is 0 Å². The normalized spacial score (nSPS) is 14.8. The molecule has 0 spiro atoms. The molecule has 1 aliphatic heterocycles. The molecular formula is C19H20ClN3O6S. The summed E-state index contributed by atoms with van der Waals surface area (Å²) in [5, 5.41) is 13.4. The lowest BCUT2D eigenvalue weighted by Crippen LogP contribution is -2.35. The van der Waals surface area contributed by atoms with Crippen LogP contribution in [0.1, 0.15) is 19.3 Å². The minimum absolute atomic E-state index is 0.0660. The van der Waals surface area contributed by atoms with E-state index in [0.717, 1.165) is 19.3 Å². The van der Waals surface area contributed by atoms with Gasteiger partial charge in [-0.1, -0.05) is 24.1 Å². The molecule has 9 nitrogen and oxygen atoms in total. The minimum Gasteiger partial charge on any atom is -0.482 e. The number of carbonyl (C=O) groups excluding carboxylic acids is 1. The lowest BCUT2D eigenvalue weighted by molar-refractivity contribution is -0.384. The number of halogens is 1. The maximum absolute atomic E-state index is 12.7. The van der Waals surface area contributed by atoms with E-state index in [1.54, 1.807) is 0 Å². The highest BCUT2D eigenvalue weighted by Gasteiger charge is 2.26. The third-order valence-electron chi connectivity index (χ3n) is 4.56. The number of hydrogen-bond acceptors (Lipinski definition) is 6. The average Bonchev–Trinajstić information content (AvgIpc) is 2.73. The van der Waals surface area contributed by atoms with Gasteiger partial charge in [-0.3, -0.25) is 14.9 Å². The molecule has 0 radical (unpaired) electrons. The number of sulfonamides is 1. The Bertz CT molecular complexity index is 1050. The Morgan fingerprint density at radius 3 is 2.57 bits per heavy atom. The minimum atomic E-state index is -3.63. The van der Waals surface area contributed by atoms with Gasteiger partial charge in [-0.15, -0.1) is 0 Å². The van der Waals surface area contributed by atoms with Gasteiger partial charge in [-0.05, 0) is 37.1 Å². The highest BCUT2D eigenvalue weighted by molar-refractivity contribution is 7.89. The highest BCUT2D eigenvalue weighted by Crippen LogP contribution is 2.29. The monoisotopic (exact) mass is 453 g/mol. The first-order valence-corrected chi connectivity index (χ1v) is 11.1. The smallest absolute Gasteiger partial charge is 0.271 e. The van der Waals surface area contributed by atoms with Crippen molar-refractivity contribution in [3.63, 3.8) is 0 Å². The van der Waals surface area contributed by atoms with E-state index in [-0.39, 0.29) is 27.0 Å². The van der Waals surface area contributed by atoms with Crippen LogP contribution in [0.5, 0.6) is 5.75 Å². The van der Waals surface area contributed by atoms with Crippen LogP contribution in [-0.2, 0) is 14.8 Å². The number of carbonyl (C=O) groups is 1. The van der Waals surface area contributed by atoms with Crippen molar-refractivity contribution < 1.29 is 22.9 Å². The van der Waals surface area contributed by atoms with Gasteiger partial charge < -0.3 is 10.1 Å². The first kappa shape index (κ1) is 22.0. The molecule has 0 aliphatic carbocycles. The Morgan fingerprint density at radius 1 is 1.17 bits per heavy atom. The van der Waals surface area contributed by atoms with Crippen molar-refractivity contribution in [2.24, 2.45) is 0 Å². The lowest BCUT2D eigenvalue weighted by atomic mass is 10.2. The molecule has 2 aromatic carbocycles. The number of rotatable bonds is 7. The van der Waals surface area contributed by atoms with Crippen LogP contribution in [0.4, 0.5) is 11.4 Å². The number of ether oxygens (including phenoxy) is 1. The van der Waals surface area contributed by atoms with Crippen LogP contribution < -0.4 is 10.1 Å². The summed E-state index contributed by atoms with van der Waals surface area (Å²) < 4.78 is 32.2. The zero-order valence-corrected chi connectivity index (χ0v) is 17.5. The first-order valence-electron chi connectivity index (χ1n) is 9.24. The lowest BCUT2D eigenvalue weighted by Gasteiger charge is -2.26. The van der Waals surface area contributed by atoms with Gasteiger partial charge in [0, 0.05) is 30.9 Å². The van der Waals surface area contributed by atoms with Gasteiger partial charge in [0.25, 0.3) is 11.6 Å². The SMILES string of the molecule is O=C(COc1ccc(S(=O)(=O)N2CCCCC2)cc1Cl)Nc1cccc([N+](=O)[O-])c1. The number of benzene rings is 2. The summed E-state index contributed by atoms with van der Waals surface area (Å²) in [5.41, 5.74) is 0.106. The predicted octanol–water partition coefficient (Wildman–Crippen LogP) is 3.44. The van der Waals surface area contributed by atoms with Crippen molar-refractivity contribution in [2.45, 2.75) is 24.2 Å². The molecule has 0 aromatic heterocycles. The zero-order chi connectivity index (χ0) is 21.7. The number of amides is 1. The molecule has 1 fully saturated rings. The number of anilines is 1. The molecule has 2 aromatic rings. The first-order chi connectivity index (χ1) is 14.3. The largest absolute Gasteiger partial charge is 0.482 e. The predicted molar refractivity (Wildman–Crippen MR) is 111 cm³/mol. The fourth-order valence-corrected chi connectivity index (χ4v) is 4.89. The molecule has 3 rings (SSSR count). The summed E-state index contributed by atoms with van der Waals surface area (Å²) in [6.45, 7) is 0.562. The Labute approximate surface area is 178 Å². The molecule has 160 valence electrons. The third-order valence-corrected chi connectivity index (χ3v) is 6.75. The van der Waals surface area contributed by atoms with Gasteiger partial charge in [0.15, 0.2) is 6.61 Å². The van der Waals surface area contributed by atoms with E-state index in [9.17, 15) is 23.3 Å². The third kappa shape index (κ3) is 5.26. The molecule has 0 atom stereocenters. The molecule has 0 saturated carbocycles. The van der Waals surface area contributed by atoms with Crippen LogP contribution in [0, 0.1) is 10.1 Å². The number of nitro groups is 1. The quantitative estimate of drug-likeness (QED) is 0.506. The second-order valence-electron chi connectivity index (χ2n) is 6.70. The van der Waals surface area contributed by atoms with Gasteiger partial charge in [0.05, 0.1) is 14.8 Å². The Morgan fingerprint density at radius 2 is 1.90 bits per heavy atom. The fraction of sp³-hybridized carbons (Fsp3) is 0.316. The van der Waals surface area contributed by atoms with Crippen LogP contribution in [-0.4, -0.2) is 43.2 Å². The maximum Gasteiger partial charge on any atom is 0.271 e. The van der Waals surface area contributed by atoms with E-state index >= 15 is 0 Å². The molecule has 0 unspecified atom stereocenters. The molecule has 1 saturated heterocycles. The second kappa shape index (κ2) is 9.41. The number of non-ortho nitro benzene ring substituents is 1. The molecule has 11 heteroatoms. The van der Waals surface area contributed by atoms with E-state index in [0.29, 0.717) is 13.1 Å². The number of nitrogens with zero attached hydrogens (tertiary/aromatic N) is 2. The van der Waals surface area contributed by atoms with Crippen molar-refractivity contribution in [3.8, 4) is 5.75 Å². The summed E-state index contributed by atoms with van der Waals surface area (Å²) in [7, 11) is -3.63. The second-order valence-corrected chi connectivity index (χ2v) is 9.05. The van der Waals surface area contributed by atoms with Gasteiger partial charge in [0.1, 0.15) is 5.75 Å². The van der Waals surface area contributed by atoms with Gasteiger partial charge >= 0.3 is 0 Å². The maximum atomic E-state index is 12.7. The van der Waals surface area contributed by atoms with Crippen molar-refractivity contribution in [1.29, 1.82) is 0 Å². The van der Waals surface area contributed by atoms with Gasteiger partial charge in [0.2, 0.25) is 10.0 Å². The van der Waals surface area contributed by atoms with Crippen molar-refractivity contribution in [3.05, 3.63) is 57.6 Å². The molecule has 1 heterocycles. The van der Waals surface area contributed by atoms with Crippen LogP contribution in [0.15, 0.2) is 47.4 Å². The number of hydrogen-bond donors (Lipinski definition) is 1. The number of piperidine rings is 1. The summed E-state index contributed by atoms with van der Waals surface area (Å²) in [5.74, 6) is -0.389. The summed E-state index contributed by atoms with van der Waals surface area (Å²) in [6, 6.07) is 9.60. The fourth-order valence-electron chi connectivity index (χ4n) is 3.05. The Hall–Kier alpha value is -2.69. The molecule has 1 amide bonds. The zero-order valence-electron chi connectivity index (χ0n) is 15.9. The topological polar surface area (TPSA) is 119 Å². The molecule has 1 N–H and O–H groups in total. The van der Waals surface area contributed by atoms with Crippen molar-refractivity contribution >= 4 is 38.9 Å². The molecular weight excluding hydrogens is 434 g/mol. The summed E-state index contributed by atoms with van der Waals surface area (Å²) in [4.78, 5) is 22.4. The molecule has 1 aliphatic rings. The van der Waals surface area contributed by atoms with E-state index < -0.39 is 27.5 Å². The number of nitrogens with one attached hydrogen (secondary N) is 1. The number of nitro benzene ring substituents is 1. The van der Waals surface area contributed by atoms with Crippen LogP contribution in [0.2, 0.25) is 5.02 Å². The van der Waals surface area contributed by atoms with Crippen LogP contribution in [0.25, 0.3) is 0 Å². The van der Waals surface area contributed by atoms with Gasteiger partial charge in [-0.2, -0.15) is 4.31 Å². The van der Waals surface area contributed by atoms with Crippen molar-refractivity contribution in [1.82, 2.24) is 4.31 Å². The van der Waals surface area contributed by atoms with E-state index in [4.69, 9.17) is 16.3 Å². The average molecular weight is 454 g/mol. The standard InChI is InChI=1S/C19H20ClN3O6S/c20-17-12-16(30(27,28)22-9-2-1-3-10-22)7-8-18(17)29-13-19(24)21-14-5-4-6-15(11-14)23(25)26/h4-8,11-12H,1-3,9-10,13H2,(H,21,24). The van der Waals surface area contributed by atoms with Gasteiger partial charge in [-0.25, -0.2) is 8.42 Å². The molecule has 30 heavy (non-hydrogen) atoms. The Kier molecular flexibility index (Phi) is 6.91. The van der Waals surface area contributed by atoms with Crippen LogP contribution in [0.3, 0.4) is 0 Å². The molecule has 0 bridgehead atoms. The van der Waals surface area contributed by atoms with Crippen LogP contribution >= 0.6 is 11.6 Å². The summed E-state index contributed by atoms with van der Waals surface area (Å²) >= 11 is 6.16. The van der Waals surface area contributed by atoms with E-state index in [1.165, 1.54) is 46.8 Å². The highest BCUT2D eigenvalue weighted by atomic mass is 35.5. The summed E-state index contributed by atoms with van der Waals surface area (Å²) in [6.07, 6.45) is 2.67.